The zero-order chi connectivity index (χ0) is 8.97. The molecule has 12 heavy (non-hydrogen) atoms. The fourth-order valence-electron chi connectivity index (χ4n) is 1.25. The Balaban J connectivity index is 2.63. The zero-order valence-electron chi connectivity index (χ0n) is 8.17. The molecular formula is C10H18N2. The molecule has 0 aliphatic rings. The Kier molecular flexibility index (Phi) is 3.35. The smallest absolute Gasteiger partial charge is 0.0299 e. The van der Waals surface area contributed by atoms with Crippen LogP contribution in [0.5, 0.6) is 0 Å². The van der Waals surface area contributed by atoms with Gasteiger partial charge >= 0.3 is 0 Å². The summed E-state index contributed by atoms with van der Waals surface area (Å²) < 4.78 is 2.27. The summed E-state index contributed by atoms with van der Waals surface area (Å²) in [6.07, 6.45) is 5.55. The van der Waals surface area contributed by atoms with E-state index < -0.39 is 0 Å². The van der Waals surface area contributed by atoms with Gasteiger partial charge in [-0.1, -0.05) is 6.92 Å². The van der Waals surface area contributed by atoms with E-state index in [1.165, 1.54) is 12.0 Å². The molecule has 0 spiro atoms. The number of aromatic nitrogens is 1. The maximum Gasteiger partial charge on any atom is 0.0299 e. The van der Waals surface area contributed by atoms with Gasteiger partial charge in [-0.3, -0.25) is 0 Å². The van der Waals surface area contributed by atoms with Crippen LogP contribution >= 0.6 is 0 Å². The van der Waals surface area contributed by atoms with Crippen molar-refractivity contribution < 1.29 is 0 Å². The van der Waals surface area contributed by atoms with Crippen LogP contribution in [0.1, 0.15) is 31.9 Å². The molecule has 1 heterocycles. The highest BCUT2D eigenvalue weighted by Crippen LogP contribution is 2.11. The summed E-state index contributed by atoms with van der Waals surface area (Å²) in [7, 11) is 1.97. The number of hydrogen-bond acceptors (Lipinski definition) is 1. The van der Waals surface area contributed by atoms with Gasteiger partial charge in [0.2, 0.25) is 0 Å². The minimum Gasteiger partial charge on any atom is -0.351 e. The van der Waals surface area contributed by atoms with E-state index in [-0.39, 0.29) is 0 Å². The monoisotopic (exact) mass is 166 g/mol. The normalized spacial score (nSPS) is 13.2. The van der Waals surface area contributed by atoms with Crippen molar-refractivity contribution in [1.29, 1.82) is 0 Å². The van der Waals surface area contributed by atoms with Gasteiger partial charge in [0.25, 0.3) is 0 Å². The maximum atomic E-state index is 3.14. The predicted molar refractivity (Wildman–Crippen MR) is 52.2 cm³/mol. The van der Waals surface area contributed by atoms with Crippen molar-refractivity contribution in [3.05, 3.63) is 24.0 Å². The van der Waals surface area contributed by atoms with Gasteiger partial charge in [-0.25, -0.2) is 0 Å². The van der Waals surface area contributed by atoms with Crippen LogP contribution in [0.3, 0.4) is 0 Å². The lowest BCUT2D eigenvalue weighted by Crippen LogP contribution is -2.04. The molecule has 0 aliphatic heterocycles. The second-order valence-electron chi connectivity index (χ2n) is 3.25. The maximum absolute atomic E-state index is 3.14. The molecule has 1 N–H and O–H groups in total. The Hall–Kier alpha value is -0.760. The largest absolute Gasteiger partial charge is 0.351 e. The lowest BCUT2D eigenvalue weighted by molar-refractivity contribution is 0.532. The lowest BCUT2D eigenvalue weighted by Gasteiger charge is -2.09. The molecule has 0 saturated heterocycles. The van der Waals surface area contributed by atoms with Gasteiger partial charge in [-0.2, -0.15) is 0 Å². The van der Waals surface area contributed by atoms with Crippen LogP contribution < -0.4 is 5.32 Å². The topological polar surface area (TPSA) is 17.0 Å². The molecule has 68 valence electrons. The molecule has 0 amide bonds. The molecule has 0 bridgehead atoms. The first-order valence-electron chi connectivity index (χ1n) is 4.59. The molecule has 1 aromatic rings. The van der Waals surface area contributed by atoms with Crippen molar-refractivity contribution in [2.24, 2.45) is 0 Å². The van der Waals surface area contributed by atoms with Crippen LogP contribution in [0.4, 0.5) is 0 Å². The van der Waals surface area contributed by atoms with E-state index >= 15 is 0 Å². The Morgan fingerprint density at radius 2 is 2.33 bits per heavy atom. The predicted octanol–water partition coefficient (Wildman–Crippen LogP) is 2.18. The first-order chi connectivity index (χ1) is 5.77. The van der Waals surface area contributed by atoms with Gasteiger partial charge in [-0.05, 0) is 32.0 Å². The molecular weight excluding hydrogens is 148 g/mol. The van der Waals surface area contributed by atoms with Gasteiger partial charge in [-0.15, -0.1) is 0 Å². The van der Waals surface area contributed by atoms with Crippen LogP contribution in [0, 0.1) is 0 Å². The van der Waals surface area contributed by atoms with Crippen LogP contribution in [0.15, 0.2) is 18.5 Å². The average Bonchev–Trinajstić information content (AvgIpc) is 2.52. The first-order valence-corrected chi connectivity index (χ1v) is 4.59. The Labute approximate surface area is 74.6 Å². The van der Waals surface area contributed by atoms with Gasteiger partial charge in [0.15, 0.2) is 0 Å². The molecule has 1 unspecified atom stereocenters. The van der Waals surface area contributed by atoms with Crippen molar-refractivity contribution in [3.8, 4) is 0 Å². The van der Waals surface area contributed by atoms with Crippen LogP contribution in [-0.4, -0.2) is 11.6 Å². The summed E-state index contributed by atoms with van der Waals surface area (Å²) in [5.41, 5.74) is 1.36. The summed E-state index contributed by atoms with van der Waals surface area (Å²) in [6.45, 7) is 5.41. The van der Waals surface area contributed by atoms with Crippen LogP contribution in [0.2, 0.25) is 0 Å². The van der Waals surface area contributed by atoms with Crippen molar-refractivity contribution in [2.75, 3.05) is 7.05 Å². The third-order valence-corrected chi connectivity index (χ3v) is 2.26. The summed E-state index contributed by atoms with van der Waals surface area (Å²) in [5, 5.41) is 3.14. The zero-order valence-corrected chi connectivity index (χ0v) is 8.17. The van der Waals surface area contributed by atoms with Gasteiger partial charge < -0.3 is 9.88 Å². The lowest BCUT2D eigenvalue weighted by atomic mass is 10.2. The molecule has 0 radical (unpaired) electrons. The minimum absolute atomic E-state index is 0.621. The van der Waals surface area contributed by atoms with Crippen molar-refractivity contribution in [2.45, 2.75) is 32.9 Å². The highest BCUT2D eigenvalue weighted by Gasteiger charge is 2.01. The Bertz CT molecular complexity index is 227. The Morgan fingerprint density at radius 1 is 1.58 bits per heavy atom. The van der Waals surface area contributed by atoms with Gasteiger partial charge in [0.1, 0.15) is 0 Å². The molecule has 0 saturated carbocycles. The standard InChI is InChI=1S/C10H18N2/c1-4-9(2)12-6-5-10(8-12)7-11-3/h5-6,8-9,11H,4,7H2,1-3H3. The van der Waals surface area contributed by atoms with E-state index in [0.717, 1.165) is 6.54 Å². The average molecular weight is 166 g/mol. The highest BCUT2D eigenvalue weighted by molar-refractivity contribution is 5.10. The summed E-state index contributed by atoms with van der Waals surface area (Å²) >= 11 is 0. The van der Waals surface area contributed by atoms with Crippen molar-refractivity contribution in [3.63, 3.8) is 0 Å². The first kappa shape index (κ1) is 9.33. The molecule has 0 aromatic carbocycles. The summed E-state index contributed by atoms with van der Waals surface area (Å²) in [6, 6.07) is 2.79. The van der Waals surface area contributed by atoms with E-state index in [2.05, 4.69) is 42.2 Å². The number of hydrogen-bond donors (Lipinski definition) is 1. The molecule has 0 fully saturated rings. The fourth-order valence-corrected chi connectivity index (χ4v) is 1.25. The van der Waals surface area contributed by atoms with Gasteiger partial charge in [0, 0.05) is 25.0 Å². The second kappa shape index (κ2) is 4.31. The van der Waals surface area contributed by atoms with E-state index in [1.54, 1.807) is 0 Å². The fraction of sp³-hybridized carbons (Fsp3) is 0.600. The van der Waals surface area contributed by atoms with E-state index in [1.807, 2.05) is 7.05 Å². The number of rotatable bonds is 4. The molecule has 2 heteroatoms. The molecule has 1 atom stereocenters. The van der Waals surface area contributed by atoms with Crippen LogP contribution in [-0.2, 0) is 6.54 Å². The Morgan fingerprint density at radius 3 is 2.92 bits per heavy atom. The molecule has 0 aliphatic carbocycles. The summed E-state index contributed by atoms with van der Waals surface area (Å²) in [4.78, 5) is 0. The number of nitrogens with one attached hydrogen (secondary N) is 1. The summed E-state index contributed by atoms with van der Waals surface area (Å²) in [5.74, 6) is 0. The minimum atomic E-state index is 0.621. The van der Waals surface area contributed by atoms with E-state index in [0.29, 0.717) is 6.04 Å². The van der Waals surface area contributed by atoms with Crippen molar-refractivity contribution in [1.82, 2.24) is 9.88 Å². The highest BCUT2D eigenvalue weighted by atomic mass is 15.0. The van der Waals surface area contributed by atoms with Crippen molar-refractivity contribution >= 4 is 0 Å². The quantitative estimate of drug-likeness (QED) is 0.725. The molecule has 1 aromatic heterocycles. The SMILES string of the molecule is CCC(C)n1ccc(CNC)c1. The third-order valence-electron chi connectivity index (χ3n) is 2.26. The number of nitrogens with zero attached hydrogens (tertiary/aromatic N) is 1. The second-order valence-corrected chi connectivity index (χ2v) is 3.25. The van der Waals surface area contributed by atoms with Crippen LogP contribution in [0.25, 0.3) is 0 Å². The van der Waals surface area contributed by atoms with E-state index in [9.17, 15) is 0 Å². The van der Waals surface area contributed by atoms with Gasteiger partial charge in [0.05, 0.1) is 0 Å². The molecule has 2 nitrogen and oxygen atoms in total. The third kappa shape index (κ3) is 2.11. The van der Waals surface area contributed by atoms with E-state index in [4.69, 9.17) is 0 Å². The molecule has 1 rings (SSSR count).